The van der Waals surface area contributed by atoms with Gasteiger partial charge in [0.05, 0.1) is 31.1 Å². The molecule has 0 atom stereocenters. The van der Waals surface area contributed by atoms with Crippen molar-refractivity contribution in [1.29, 1.82) is 0 Å². The Morgan fingerprint density at radius 1 is 1.60 bits per heavy atom. The van der Waals surface area contributed by atoms with Gasteiger partial charge in [0.1, 0.15) is 0 Å². The van der Waals surface area contributed by atoms with Crippen LogP contribution >= 0.6 is 11.8 Å². The van der Waals surface area contributed by atoms with E-state index in [0.29, 0.717) is 0 Å². The maximum Gasteiger partial charge on any atom is 0.198 e. The third kappa shape index (κ3) is 6.43. The van der Waals surface area contributed by atoms with Gasteiger partial charge in [-0.2, -0.15) is 5.11 Å². The molecule has 0 aromatic heterocycles. The van der Waals surface area contributed by atoms with Crippen LogP contribution in [0.2, 0.25) is 0 Å². The van der Waals surface area contributed by atoms with E-state index < -0.39 is 5.41 Å². The molecule has 0 saturated carbocycles. The van der Waals surface area contributed by atoms with Crippen molar-refractivity contribution in [1.82, 2.24) is 0 Å². The minimum Gasteiger partial charge on any atom is -0.394 e. The lowest BCUT2D eigenvalue weighted by molar-refractivity contribution is -0.117. The molecule has 88 valence electrons. The Bertz CT molecular complexity index is 221. The maximum absolute atomic E-state index is 11.6. The van der Waals surface area contributed by atoms with Crippen LogP contribution in [0, 0.1) is 5.41 Å². The fraction of sp³-hybridized carbons (Fsp3) is 0.875. The van der Waals surface area contributed by atoms with E-state index in [1.54, 1.807) is 13.8 Å². The zero-order valence-corrected chi connectivity index (χ0v) is 9.79. The molecular formula is C8H17N3O3S. The van der Waals surface area contributed by atoms with Crippen LogP contribution in [0.5, 0.6) is 0 Å². The molecule has 0 amide bonds. The Morgan fingerprint density at radius 2 is 2.27 bits per heavy atom. The predicted octanol–water partition coefficient (Wildman–Crippen LogP) is 0.565. The van der Waals surface area contributed by atoms with Crippen LogP contribution in [-0.4, -0.2) is 35.9 Å². The van der Waals surface area contributed by atoms with Crippen LogP contribution in [0.4, 0.5) is 0 Å². The van der Waals surface area contributed by atoms with Crippen LogP contribution in [-0.2, 0) is 9.53 Å². The number of nitrogens with two attached hydrogens (primary N) is 1. The Kier molecular flexibility index (Phi) is 7.27. The highest BCUT2D eigenvalue weighted by molar-refractivity contribution is 8.13. The lowest BCUT2D eigenvalue weighted by Gasteiger charge is -2.18. The number of hydrogen-bond donors (Lipinski definition) is 2. The van der Waals surface area contributed by atoms with E-state index in [2.05, 4.69) is 10.3 Å². The van der Waals surface area contributed by atoms with Gasteiger partial charge in [-0.1, -0.05) is 30.8 Å². The molecule has 7 heteroatoms. The van der Waals surface area contributed by atoms with E-state index in [1.165, 1.54) is 0 Å². The molecule has 0 aliphatic heterocycles. The fourth-order valence-corrected chi connectivity index (χ4v) is 1.46. The van der Waals surface area contributed by atoms with Crippen LogP contribution in [0.15, 0.2) is 10.3 Å². The van der Waals surface area contributed by atoms with Gasteiger partial charge in [-0.3, -0.25) is 4.79 Å². The molecule has 0 rings (SSSR count). The molecule has 0 aliphatic rings. The third-order valence-corrected chi connectivity index (χ3v) is 2.71. The van der Waals surface area contributed by atoms with Crippen LogP contribution < -0.4 is 5.84 Å². The van der Waals surface area contributed by atoms with Gasteiger partial charge >= 0.3 is 0 Å². The second-order valence-corrected chi connectivity index (χ2v) is 4.38. The highest BCUT2D eigenvalue weighted by atomic mass is 32.2. The van der Waals surface area contributed by atoms with Crippen molar-refractivity contribution in [2.24, 2.45) is 21.6 Å². The molecule has 0 aliphatic carbocycles. The number of hydrogen-bond acceptors (Lipinski definition) is 6. The van der Waals surface area contributed by atoms with E-state index >= 15 is 0 Å². The summed E-state index contributed by atoms with van der Waals surface area (Å²) in [5, 5.41) is 15.1. The summed E-state index contributed by atoms with van der Waals surface area (Å²) < 4.78 is 4.97. The van der Waals surface area contributed by atoms with Gasteiger partial charge in [-0.25, -0.2) is 0 Å². The number of aliphatic hydroxyl groups is 1. The number of thioether (sulfide) groups is 1. The van der Waals surface area contributed by atoms with Crippen molar-refractivity contribution in [2.45, 2.75) is 13.8 Å². The molecule has 0 spiro atoms. The van der Waals surface area contributed by atoms with Gasteiger partial charge in [0.2, 0.25) is 0 Å². The van der Waals surface area contributed by atoms with Crippen molar-refractivity contribution < 1.29 is 14.6 Å². The number of nitrogens with zero attached hydrogens (tertiary/aromatic N) is 2. The molecule has 6 nitrogen and oxygen atoms in total. The summed E-state index contributed by atoms with van der Waals surface area (Å²) in [7, 11) is 0. The summed E-state index contributed by atoms with van der Waals surface area (Å²) >= 11 is 1.06. The molecule has 0 heterocycles. The van der Waals surface area contributed by atoms with E-state index in [0.717, 1.165) is 11.8 Å². The quantitative estimate of drug-likeness (QED) is 0.221. The minimum atomic E-state index is -0.601. The summed E-state index contributed by atoms with van der Waals surface area (Å²) in [5.74, 6) is 5.10. The van der Waals surface area contributed by atoms with Gasteiger partial charge in [0, 0.05) is 0 Å². The van der Waals surface area contributed by atoms with Crippen LogP contribution in [0.3, 0.4) is 0 Å². The SMILES string of the molecule is CC(C)(CN=NN)C(=O)SCOCCO. The number of aliphatic hydroxyl groups excluding tert-OH is 1. The average Bonchev–Trinajstić information content (AvgIpc) is 2.21. The summed E-state index contributed by atoms with van der Waals surface area (Å²) in [6.45, 7) is 3.99. The first-order valence-corrected chi connectivity index (χ1v) is 5.45. The minimum absolute atomic E-state index is 0.0344. The van der Waals surface area contributed by atoms with E-state index in [-0.39, 0.29) is 30.8 Å². The molecule has 0 aromatic rings. The maximum atomic E-state index is 11.6. The lowest BCUT2D eigenvalue weighted by atomic mass is 9.96. The molecule has 3 N–H and O–H groups in total. The standard InChI is InChI=1S/C8H17N3O3S/c1-8(2,5-10-11-9)7(13)15-6-14-4-3-12/h12H,3-6H2,1-2H3,(H2,9,10). The monoisotopic (exact) mass is 235 g/mol. The largest absolute Gasteiger partial charge is 0.394 e. The van der Waals surface area contributed by atoms with Crippen molar-refractivity contribution in [3.63, 3.8) is 0 Å². The first kappa shape index (κ1) is 14.3. The van der Waals surface area contributed by atoms with Crippen molar-refractivity contribution in [2.75, 3.05) is 25.7 Å². The molecular weight excluding hydrogens is 218 g/mol. The summed E-state index contributed by atoms with van der Waals surface area (Å²) in [6.07, 6.45) is 0. The zero-order valence-electron chi connectivity index (χ0n) is 8.97. The predicted molar refractivity (Wildman–Crippen MR) is 58.2 cm³/mol. The van der Waals surface area contributed by atoms with Gasteiger partial charge in [0.15, 0.2) is 5.12 Å². The zero-order chi connectivity index (χ0) is 11.7. The van der Waals surface area contributed by atoms with Crippen LogP contribution in [0.1, 0.15) is 13.8 Å². The first-order valence-electron chi connectivity index (χ1n) is 4.47. The van der Waals surface area contributed by atoms with Crippen molar-refractivity contribution in [3.8, 4) is 0 Å². The first-order chi connectivity index (χ1) is 7.04. The second kappa shape index (κ2) is 7.61. The highest BCUT2D eigenvalue weighted by Crippen LogP contribution is 2.24. The van der Waals surface area contributed by atoms with Crippen molar-refractivity contribution in [3.05, 3.63) is 0 Å². The number of carbonyl (C=O) groups is 1. The fourth-order valence-electron chi connectivity index (χ4n) is 0.696. The molecule has 0 unspecified atom stereocenters. The second-order valence-electron chi connectivity index (χ2n) is 3.48. The third-order valence-electron chi connectivity index (χ3n) is 1.61. The van der Waals surface area contributed by atoms with Gasteiger partial charge in [0.25, 0.3) is 0 Å². The smallest absolute Gasteiger partial charge is 0.198 e. The number of ether oxygens (including phenoxy) is 1. The van der Waals surface area contributed by atoms with E-state index in [4.69, 9.17) is 15.7 Å². The molecule has 0 saturated heterocycles. The Morgan fingerprint density at radius 3 is 2.80 bits per heavy atom. The van der Waals surface area contributed by atoms with E-state index in [9.17, 15) is 4.79 Å². The molecule has 0 bridgehead atoms. The Labute approximate surface area is 93.2 Å². The normalized spacial score (nSPS) is 12.2. The Balaban J connectivity index is 3.85. The summed E-state index contributed by atoms with van der Waals surface area (Å²) in [5.41, 5.74) is -0.601. The number of carbonyl (C=O) groups excluding carboxylic acids is 1. The summed E-state index contributed by atoms with van der Waals surface area (Å²) in [4.78, 5) is 11.6. The Hall–Kier alpha value is -0.660. The van der Waals surface area contributed by atoms with Crippen LogP contribution in [0.25, 0.3) is 0 Å². The molecule has 15 heavy (non-hydrogen) atoms. The van der Waals surface area contributed by atoms with Gasteiger partial charge in [-0.05, 0) is 0 Å². The van der Waals surface area contributed by atoms with Crippen molar-refractivity contribution >= 4 is 16.9 Å². The molecule has 0 fully saturated rings. The van der Waals surface area contributed by atoms with E-state index in [1.807, 2.05) is 0 Å². The average molecular weight is 235 g/mol. The van der Waals surface area contributed by atoms with Gasteiger partial charge in [-0.15, -0.1) is 0 Å². The molecule has 0 radical (unpaired) electrons. The topological polar surface area (TPSA) is 97.3 Å². The lowest BCUT2D eigenvalue weighted by Crippen LogP contribution is -2.25. The highest BCUT2D eigenvalue weighted by Gasteiger charge is 2.27. The van der Waals surface area contributed by atoms with Gasteiger partial charge < -0.3 is 15.7 Å². The summed E-state index contributed by atoms with van der Waals surface area (Å²) in [6, 6.07) is 0. The number of rotatable bonds is 7. The molecule has 0 aromatic carbocycles.